The van der Waals surface area contributed by atoms with Crippen LogP contribution in [0.5, 0.6) is 0 Å². The molecule has 0 saturated heterocycles. The molecule has 0 aliphatic heterocycles. The van der Waals surface area contributed by atoms with Gasteiger partial charge < -0.3 is 16.2 Å². The zero-order valence-corrected chi connectivity index (χ0v) is 10.8. The molecule has 1 aromatic rings. The lowest BCUT2D eigenvalue weighted by Gasteiger charge is -2.17. The van der Waals surface area contributed by atoms with Gasteiger partial charge in [-0.25, -0.2) is 0 Å². The topological polar surface area (TPSA) is 75.3 Å². The first kappa shape index (κ1) is 14.7. The van der Waals surface area contributed by atoms with Crippen molar-refractivity contribution in [2.24, 2.45) is 5.73 Å². The number of aliphatic hydroxyl groups excluding tert-OH is 1. The molecule has 4 heteroatoms. The Morgan fingerprint density at radius 3 is 2.67 bits per heavy atom. The Hall–Kier alpha value is -1.39. The van der Waals surface area contributed by atoms with E-state index >= 15 is 0 Å². The van der Waals surface area contributed by atoms with Crippen molar-refractivity contribution in [2.75, 3.05) is 6.61 Å². The van der Waals surface area contributed by atoms with Gasteiger partial charge in [0.25, 0.3) is 0 Å². The number of nitrogens with one attached hydrogen (secondary N) is 1. The maximum absolute atomic E-state index is 11.8. The average Bonchev–Trinajstić information content (AvgIpc) is 2.37. The van der Waals surface area contributed by atoms with Gasteiger partial charge in [-0.1, -0.05) is 30.3 Å². The van der Waals surface area contributed by atoms with Crippen LogP contribution >= 0.6 is 0 Å². The number of rotatable bonds is 7. The number of carbonyl (C=O) groups is 1. The molecule has 0 fully saturated rings. The summed E-state index contributed by atoms with van der Waals surface area (Å²) in [6, 6.07) is 9.25. The molecule has 2 atom stereocenters. The van der Waals surface area contributed by atoms with Crippen LogP contribution in [0, 0.1) is 0 Å². The second kappa shape index (κ2) is 7.84. The first-order chi connectivity index (χ1) is 8.63. The SMILES string of the molecule is CC(CCCO)NC(=O)[C@@H](N)Cc1ccccc1. The van der Waals surface area contributed by atoms with Crippen molar-refractivity contribution < 1.29 is 9.90 Å². The number of nitrogens with two attached hydrogens (primary N) is 1. The fraction of sp³-hybridized carbons (Fsp3) is 0.500. The van der Waals surface area contributed by atoms with Crippen molar-refractivity contribution in [1.29, 1.82) is 0 Å². The van der Waals surface area contributed by atoms with Gasteiger partial charge in [0.1, 0.15) is 0 Å². The van der Waals surface area contributed by atoms with E-state index in [1.54, 1.807) is 0 Å². The van der Waals surface area contributed by atoms with Gasteiger partial charge in [0.15, 0.2) is 0 Å². The molecule has 0 aromatic heterocycles. The average molecular weight is 250 g/mol. The fourth-order valence-electron chi connectivity index (χ4n) is 1.78. The smallest absolute Gasteiger partial charge is 0.237 e. The lowest BCUT2D eigenvalue weighted by atomic mass is 10.1. The predicted molar refractivity (Wildman–Crippen MR) is 72.0 cm³/mol. The minimum Gasteiger partial charge on any atom is -0.396 e. The molecule has 0 saturated carbocycles. The van der Waals surface area contributed by atoms with Crippen LogP contribution < -0.4 is 11.1 Å². The Morgan fingerprint density at radius 2 is 2.06 bits per heavy atom. The van der Waals surface area contributed by atoms with E-state index in [9.17, 15) is 4.79 Å². The van der Waals surface area contributed by atoms with E-state index in [1.807, 2.05) is 37.3 Å². The molecule has 0 aliphatic rings. The molecule has 1 unspecified atom stereocenters. The van der Waals surface area contributed by atoms with E-state index < -0.39 is 6.04 Å². The molecule has 4 nitrogen and oxygen atoms in total. The second-order valence-corrected chi connectivity index (χ2v) is 4.57. The third-order valence-corrected chi connectivity index (χ3v) is 2.82. The Balaban J connectivity index is 2.37. The Kier molecular flexibility index (Phi) is 6.39. The molecule has 0 radical (unpaired) electrons. The fourth-order valence-corrected chi connectivity index (χ4v) is 1.78. The van der Waals surface area contributed by atoms with Gasteiger partial charge in [-0.3, -0.25) is 4.79 Å². The first-order valence-electron chi connectivity index (χ1n) is 6.34. The van der Waals surface area contributed by atoms with Crippen LogP contribution in [0.25, 0.3) is 0 Å². The van der Waals surface area contributed by atoms with E-state index in [0.29, 0.717) is 12.8 Å². The van der Waals surface area contributed by atoms with Gasteiger partial charge in [0.2, 0.25) is 5.91 Å². The number of carbonyl (C=O) groups excluding carboxylic acids is 1. The summed E-state index contributed by atoms with van der Waals surface area (Å²) >= 11 is 0. The number of amides is 1. The summed E-state index contributed by atoms with van der Waals surface area (Å²) in [7, 11) is 0. The summed E-state index contributed by atoms with van der Waals surface area (Å²) in [6.45, 7) is 2.07. The quantitative estimate of drug-likeness (QED) is 0.671. The van der Waals surface area contributed by atoms with Crippen molar-refractivity contribution in [3.8, 4) is 0 Å². The van der Waals surface area contributed by atoms with E-state index in [1.165, 1.54) is 0 Å². The number of hydrogen-bond donors (Lipinski definition) is 3. The molecule has 0 heterocycles. The molecule has 1 amide bonds. The zero-order valence-electron chi connectivity index (χ0n) is 10.8. The van der Waals surface area contributed by atoms with Crippen LogP contribution in [0.15, 0.2) is 30.3 Å². The highest BCUT2D eigenvalue weighted by Gasteiger charge is 2.15. The Morgan fingerprint density at radius 1 is 1.39 bits per heavy atom. The summed E-state index contributed by atoms with van der Waals surface area (Å²) in [5.74, 6) is -0.135. The van der Waals surface area contributed by atoms with Crippen molar-refractivity contribution in [3.63, 3.8) is 0 Å². The Bertz CT molecular complexity index is 354. The lowest BCUT2D eigenvalue weighted by Crippen LogP contribution is -2.45. The maximum Gasteiger partial charge on any atom is 0.237 e. The lowest BCUT2D eigenvalue weighted by molar-refractivity contribution is -0.123. The van der Waals surface area contributed by atoms with E-state index in [2.05, 4.69) is 5.32 Å². The van der Waals surface area contributed by atoms with Crippen LogP contribution in [-0.2, 0) is 11.2 Å². The van der Waals surface area contributed by atoms with E-state index in [-0.39, 0.29) is 18.6 Å². The van der Waals surface area contributed by atoms with Gasteiger partial charge in [-0.2, -0.15) is 0 Å². The molecular formula is C14H22N2O2. The summed E-state index contributed by atoms with van der Waals surface area (Å²) in [5.41, 5.74) is 6.92. The van der Waals surface area contributed by atoms with Crippen molar-refractivity contribution in [1.82, 2.24) is 5.32 Å². The van der Waals surface area contributed by atoms with Crippen LogP contribution in [-0.4, -0.2) is 29.7 Å². The van der Waals surface area contributed by atoms with Gasteiger partial charge in [-0.15, -0.1) is 0 Å². The highest BCUT2D eigenvalue weighted by atomic mass is 16.3. The zero-order chi connectivity index (χ0) is 13.4. The summed E-state index contributed by atoms with van der Waals surface area (Å²) < 4.78 is 0. The number of hydrogen-bond acceptors (Lipinski definition) is 3. The summed E-state index contributed by atoms with van der Waals surface area (Å²) in [4.78, 5) is 11.8. The van der Waals surface area contributed by atoms with Gasteiger partial charge in [-0.05, 0) is 31.7 Å². The first-order valence-corrected chi connectivity index (χ1v) is 6.34. The largest absolute Gasteiger partial charge is 0.396 e. The van der Waals surface area contributed by atoms with Crippen molar-refractivity contribution >= 4 is 5.91 Å². The third kappa shape index (κ3) is 5.29. The summed E-state index contributed by atoms with van der Waals surface area (Å²) in [5, 5.41) is 11.6. The predicted octanol–water partition coefficient (Wildman–Crippen LogP) is 0.834. The van der Waals surface area contributed by atoms with Crippen LogP contribution in [0.2, 0.25) is 0 Å². The van der Waals surface area contributed by atoms with Crippen molar-refractivity contribution in [2.45, 2.75) is 38.3 Å². The van der Waals surface area contributed by atoms with Gasteiger partial charge >= 0.3 is 0 Å². The molecular weight excluding hydrogens is 228 g/mol. The third-order valence-electron chi connectivity index (χ3n) is 2.82. The van der Waals surface area contributed by atoms with Gasteiger partial charge in [0, 0.05) is 12.6 Å². The molecule has 1 aromatic carbocycles. The minimum absolute atomic E-state index is 0.0477. The molecule has 0 aliphatic carbocycles. The maximum atomic E-state index is 11.8. The van der Waals surface area contributed by atoms with E-state index in [4.69, 9.17) is 10.8 Å². The monoisotopic (exact) mass is 250 g/mol. The van der Waals surface area contributed by atoms with Crippen LogP contribution in [0.4, 0.5) is 0 Å². The van der Waals surface area contributed by atoms with Crippen molar-refractivity contribution in [3.05, 3.63) is 35.9 Å². The highest BCUT2D eigenvalue weighted by molar-refractivity contribution is 5.82. The van der Waals surface area contributed by atoms with Gasteiger partial charge in [0.05, 0.1) is 6.04 Å². The molecule has 18 heavy (non-hydrogen) atoms. The normalized spacial score (nSPS) is 13.9. The molecule has 0 bridgehead atoms. The second-order valence-electron chi connectivity index (χ2n) is 4.57. The van der Waals surface area contributed by atoms with Crippen LogP contribution in [0.3, 0.4) is 0 Å². The number of benzene rings is 1. The van der Waals surface area contributed by atoms with E-state index in [0.717, 1.165) is 12.0 Å². The molecule has 100 valence electrons. The molecule has 4 N–H and O–H groups in total. The minimum atomic E-state index is -0.524. The highest BCUT2D eigenvalue weighted by Crippen LogP contribution is 2.03. The standard InChI is InChI=1S/C14H22N2O2/c1-11(6-5-9-17)16-14(18)13(15)10-12-7-3-2-4-8-12/h2-4,7-8,11,13,17H,5-6,9-10,15H2,1H3,(H,16,18)/t11?,13-/m0/s1. The molecule has 0 spiro atoms. The summed E-state index contributed by atoms with van der Waals surface area (Å²) in [6.07, 6.45) is 2.00. The number of aliphatic hydroxyl groups is 1. The van der Waals surface area contributed by atoms with Crippen LogP contribution in [0.1, 0.15) is 25.3 Å². The molecule has 1 rings (SSSR count). The Labute approximate surface area is 108 Å².